The van der Waals surface area contributed by atoms with E-state index in [9.17, 15) is 28.9 Å². The van der Waals surface area contributed by atoms with E-state index in [0.29, 0.717) is 25.7 Å². The molecule has 13 heteroatoms. The minimum atomic E-state index is -4.75. The van der Waals surface area contributed by atoms with E-state index in [2.05, 4.69) is 60.9 Å². The maximum Gasteiger partial charge on any atom is 0.472 e. The molecule has 0 bridgehead atoms. The fourth-order valence-corrected chi connectivity index (χ4v) is 5.69. The van der Waals surface area contributed by atoms with Crippen molar-refractivity contribution in [2.45, 2.75) is 154 Å². The van der Waals surface area contributed by atoms with Crippen molar-refractivity contribution in [1.82, 2.24) is 0 Å². The van der Waals surface area contributed by atoms with Crippen molar-refractivity contribution in [2.24, 2.45) is 5.73 Å². The van der Waals surface area contributed by atoms with E-state index >= 15 is 0 Å². The Labute approximate surface area is 342 Å². The van der Waals surface area contributed by atoms with Crippen molar-refractivity contribution in [3.63, 3.8) is 0 Å². The molecule has 4 atom stereocenters. The predicted octanol–water partition coefficient (Wildman–Crippen LogP) is 9.69. The molecule has 0 heterocycles. The van der Waals surface area contributed by atoms with Gasteiger partial charge in [0, 0.05) is 12.8 Å². The molecule has 0 fully saturated rings. The van der Waals surface area contributed by atoms with Gasteiger partial charge >= 0.3 is 25.7 Å². The molecule has 0 aromatic heterocycles. The number of phosphoric acid groups is 1. The van der Waals surface area contributed by atoms with Gasteiger partial charge in [-0.15, -0.1) is 0 Å². The van der Waals surface area contributed by atoms with Crippen LogP contribution in [0.4, 0.5) is 0 Å². The third-order valence-electron chi connectivity index (χ3n) is 8.21. The average molecular weight is 822 g/mol. The van der Waals surface area contributed by atoms with Gasteiger partial charge < -0.3 is 30.3 Å². The van der Waals surface area contributed by atoms with Crippen LogP contribution in [0.15, 0.2) is 85.1 Å². The van der Waals surface area contributed by atoms with Crippen LogP contribution < -0.4 is 5.73 Å². The number of esters is 2. The fourth-order valence-electron chi connectivity index (χ4n) is 4.91. The van der Waals surface area contributed by atoms with Crippen molar-refractivity contribution in [3.8, 4) is 0 Å². The number of allylic oxidation sites excluding steroid dienone is 12. The highest BCUT2D eigenvalue weighted by Gasteiger charge is 2.28. The van der Waals surface area contributed by atoms with Crippen LogP contribution in [0.1, 0.15) is 136 Å². The van der Waals surface area contributed by atoms with E-state index in [0.717, 1.165) is 64.2 Å². The van der Waals surface area contributed by atoms with Gasteiger partial charge in [-0.2, -0.15) is 0 Å². The molecule has 0 spiro atoms. The molecule has 0 aliphatic heterocycles. The highest BCUT2D eigenvalue weighted by Crippen LogP contribution is 2.43. The molecule has 2 unspecified atom stereocenters. The van der Waals surface area contributed by atoms with Gasteiger partial charge in [-0.05, 0) is 77.0 Å². The van der Waals surface area contributed by atoms with Gasteiger partial charge in [-0.3, -0.25) is 23.4 Å². The number of aliphatic hydroxyl groups excluding tert-OH is 1. The number of ether oxygens (including phenoxy) is 2. The molecule has 12 nitrogen and oxygen atoms in total. The van der Waals surface area contributed by atoms with Crippen molar-refractivity contribution >= 4 is 25.7 Å². The third kappa shape index (κ3) is 37.9. The molecule has 57 heavy (non-hydrogen) atoms. The molecular weight excluding hydrogens is 749 g/mol. The average Bonchev–Trinajstić information content (AvgIpc) is 3.18. The van der Waals surface area contributed by atoms with Gasteiger partial charge in [-0.1, -0.05) is 131 Å². The fraction of sp³-hybridized carbons (Fsp3) is 0.614. The number of nitrogens with two attached hydrogens (primary N) is 1. The number of hydrogen-bond donors (Lipinski definition) is 4. The quantitative estimate of drug-likeness (QED) is 0.0153. The van der Waals surface area contributed by atoms with E-state index in [4.69, 9.17) is 24.8 Å². The lowest BCUT2D eigenvalue weighted by molar-refractivity contribution is -0.161. The second-order valence-corrected chi connectivity index (χ2v) is 15.0. The number of carbonyl (C=O) groups excluding carboxylic acids is 2. The maximum absolute atomic E-state index is 12.6. The molecule has 0 aromatic carbocycles. The van der Waals surface area contributed by atoms with Crippen molar-refractivity contribution < 1.29 is 52.6 Å². The van der Waals surface area contributed by atoms with Gasteiger partial charge in [0.2, 0.25) is 0 Å². The number of phosphoric ester groups is 1. The van der Waals surface area contributed by atoms with E-state index < -0.39 is 63.8 Å². The number of aliphatic carboxylic acids is 1. The molecule has 0 rings (SSSR count). The first-order valence-electron chi connectivity index (χ1n) is 20.7. The zero-order chi connectivity index (χ0) is 42.2. The molecule has 0 saturated carbocycles. The number of carboxylic acid groups (broad SMARTS) is 1. The summed E-state index contributed by atoms with van der Waals surface area (Å²) in [6.45, 7) is 2.45. The van der Waals surface area contributed by atoms with E-state index in [1.807, 2.05) is 36.5 Å². The summed E-state index contributed by atoms with van der Waals surface area (Å²) in [7, 11) is -4.75. The second kappa shape index (κ2) is 38.2. The van der Waals surface area contributed by atoms with Crippen molar-refractivity contribution in [1.29, 1.82) is 0 Å². The molecule has 324 valence electrons. The summed E-state index contributed by atoms with van der Waals surface area (Å²) in [6.07, 6.45) is 42.7. The van der Waals surface area contributed by atoms with E-state index in [-0.39, 0.29) is 12.8 Å². The van der Waals surface area contributed by atoms with Gasteiger partial charge in [0.25, 0.3) is 0 Å². The molecule has 0 saturated heterocycles. The van der Waals surface area contributed by atoms with Crippen molar-refractivity contribution in [2.75, 3.05) is 19.8 Å². The summed E-state index contributed by atoms with van der Waals surface area (Å²) in [5, 5.41) is 18.7. The Morgan fingerprint density at radius 2 is 1.21 bits per heavy atom. The van der Waals surface area contributed by atoms with Crippen molar-refractivity contribution in [3.05, 3.63) is 85.1 Å². The van der Waals surface area contributed by atoms with Crippen LogP contribution >= 0.6 is 7.82 Å². The minimum absolute atomic E-state index is 0.0980. The first kappa shape index (κ1) is 53.6. The third-order valence-corrected chi connectivity index (χ3v) is 9.16. The van der Waals surface area contributed by atoms with Crippen LogP contribution in [0.3, 0.4) is 0 Å². The molecule has 0 aromatic rings. The molecular formula is C44H72NO11P. The zero-order valence-corrected chi connectivity index (χ0v) is 35.4. The first-order valence-corrected chi connectivity index (χ1v) is 22.2. The number of rotatable bonds is 37. The molecule has 5 N–H and O–H groups in total. The molecule has 0 radical (unpaired) electrons. The summed E-state index contributed by atoms with van der Waals surface area (Å²) in [5.74, 6) is -2.53. The lowest BCUT2D eigenvalue weighted by Gasteiger charge is -2.20. The normalized spacial score (nSPS) is 15.2. The number of unbranched alkanes of at least 4 members (excludes halogenated alkanes) is 9. The second-order valence-electron chi connectivity index (χ2n) is 13.6. The topological polar surface area (TPSA) is 192 Å². The van der Waals surface area contributed by atoms with Crippen LogP contribution in [-0.4, -0.2) is 71.1 Å². The van der Waals surface area contributed by atoms with Gasteiger partial charge in [0.05, 0.1) is 19.3 Å². The van der Waals surface area contributed by atoms with E-state index in [1.165, 1.54) is 19.3 Å². The predicted molar refractivity (Wildman–Crippen MR) is 227 cm³/mol. The molecule has 0 aliphatic carbocycles. The summed E-state index contributed by atoms with van der Waals surface area (Å²) >= 11 is 0. The largest absolute Gasteiger partial charge is 0.480 e. The zero-order valence-electron chi connectivity index (χ0n) is 34.5. The van der Waals surface area contributed by atoms with Crippen LogP contribution in [0.5, 0.6) is 0 Å². The highest BCUT2D eigenvalue weighted by atomic mass is 31.2. The number of aliphatic hydroxyl groups is 1. The lowest BCUT2D eigenvalue weighted by atomic mass is 10.1. The van der Waals surface area contributed by atoms with Gasteiger partial charge in [0.15, 0.2) is 6.10 Å². The minimum Gasteiger partial charge on any atom is -0.480 e. The number of hydrogen-bond acceptors (Lipinski definition) is 10. The Balaban J connectivity index is 4.58. The highest BCUT2D eigenvalue weighted by molar-refractivity contribution is 7.47. The summed E-state index contributed by atoms with van der Waals surface area (Å²) in [6, 6.07) is -1.55. The Bertz CT molecular complexity index is 1300. The Kier molecular flexibility index (Phi) is 35.9. The standard InChI is InChI=1S/C44H72NO11P/c1-3-5-7-8-9-10-11-12-13-14-15-16-17-20-23-26-30-34-42(47)53-36-40(37-54-57(51,52)55-38-41(45)44(49)50)56-43(48)35-31-27-24-21-18-19-22-25-29-33-39(46)32-28-6-4-2/h6,9-10,12-13,15-16,20,22-23,25,28-29,33,39-41,46H,3-5,7-8,11,14,17-19,21,24,26-27,30-32,34-38,45H2,1-2H3,(H,49,50)(H,51,52)/b10-9-,13-12-,16-15-,23-20-,25-22+,28-6+,33-29+/t39?,40-,41+/m1/s1. The Hall–Kier alpha value is -3.38. The Morgan fingerprint density at radius 3 is 1.86 bits per heavy atom. The maximum atomic E-state index is 12.6. The van der Waals surface area contributed by atoms with Crippen LogP contribution in [0.2, 0.25) is 0 Å². The monoisotopic (exact) mass is 821 g/mol. The summed E-state index contributed by atoms with van der Waals surface area (Å²) < 4.78 is 32.5. The Morgan fingerprint density at radius 1 is 0.649 bits per heavy atom. The lowest BCUT2D eigenvalue weighted by Crippen LogP contribution is -2.34. The van der Waals surface area contributed by atoms with Crippen LogP contribution in [-0.2, 0) is 37.5 Å². The smallest absolute Gasteiger partial charge is 0.472 e. The molecule has 0 amide bonds. The summed E-state index contributed by atoms with van der Waals surface area (Å²) in [4.78, 5) is 45.9. The van der Waals surface area contributed by atoms with Crippen LogP contribution in [0, 0.1) is 0 Å². The van der Waals surface area contributed by atoms with E-state index in [1.54, 1.807) is 6.08 Å². The number of carboxylic acids is 1. The molecule has 0 aliphatic rings. The summed E-state index contributed by atoms with van der Waals surface area (Å²) in [5.41, 5.74) is 5.32. The van der Waals surface area contributed by atoms with Gasteiger partial charge in [0.1, 0.15) is 12.6 Å². The first-order chi connectivity index (χ1) is 27.5. The SMILES string of the molecule is CC/C=C/CC(O)/C=C/C=C/CCCCCCCC(=O)O[C@H](COC(=O)CCC/C=C\C/C=C\C/C=C\C/C=C\CCCCC)COP(=O)(O)OC[C@H](N)C(=O)O. The van der Waals surface area contributed by atoms with Crippen LogP contribution in [0.25, 0.3) is 0 Å². The van der Waals surface area contributed by atoms with Gasteiger partial charge in [-0.25, -0.2) is 4.57 Å². The number of carbonyl (C=O) groups is 3.